The Bertz CT molecular complexity index is 913. The fraction of sp³-hybridized carbons (Fsp3) is 0.261. The zero-order valence-electron chi connectivity index (χ0n) is 16.1. The van der Waals surface area contributed by atoms with Crippen LogP contribution in [-0.2, 0) is 22.6 Å². The molecule has 5 nitrogen and oxygen atoms in total. The van der Waals surface area contributed by atoms with Crippen molar-refractivity contribution < 1.29 is 23.8 Å². The number of carboxylic acid groups (broad SMARTS) is 1. The second-order valence-electron chi connectivity index (χ2n) is 6.57. The first kappa shape index (κ1) is 19.5. The molecular formula is C23H24O5. The Balaban J connectivity index is 1.64. The van der Waals surface area contributed by atoms with Gasteiger partial charge in [0.1, 0.15) is 29.6 Å². The molecule has 1 N–H and O–H groups in total. The number of carboxylic acids is 1. The van der Waals surface area contributed by atoms with Crippen LogP contribution in [-0.4, -0.2) is 18.2 Å². The van der Waals surface area contributed by atoms with E-state index in [4.69, 9.17) is 19.0 Å². The Kier molecular flexibility index (Phi) is 6.37. The second-order valence-corrected chi connectivity index (χ2v) is 6.57. The first-order chi connectivity index (χ1) is 13.5. The van der Waals surface area contributed by atoms with E-state index in [1.54, 1.807) is 7.11 Å². The summed E-state index contributed by atoms with van der Waals surface area (Å²) in [4.78, 5) is 10.7. The molecule has 0 fully saturated rings. The van der Waals surface area contributed by atoms with Gasteiger partial charge in [-0.1, -0.05) is 24.3 Å². The number of ether oxygens (including phenoxy) is 2. The van der Waals surface area contributed by atoms with Crippen LogP contribution in [0.25, 0.3) is 5.57 Å². The third-order valence-electron chi connectivity index (χ3n) is 4.58. The van der Waals surface area contributed by atoms with Gasteiger partial charge in [0, 0.05) is 12.0 Å². The van der Waals surface area contributed by atoms with Crippen molar-refractivity contribution in [2.45, 2.75) is 32.8 Å². The molecule has 1 heterocycles. The molecule has 1 aromatic heterocycles. The first-order valence-electron chi connectivity index (χ1n) is 9.20. The Labute approximate surface area is 164 Å². The lowest BCUT2D eigenvalue weighted by Crippen LogP contribution is -1.96. The fourth-order valence-electron chi connectivity index (χ4n) is 2.97. The van der Waals surface area contributed by atoms with Crippen LogP contribution < -0.4 is 4.74 Å². The van der Waals surface area contributed by atoms with Gasteiger partial charge in [0.15, 0.2) is 0 Å². The second kappa shape index (κ2) is 9.13. The van der Waals surface area contributed by atoms with Crippen LogP contribution in [0.3, 0.4) is 0 Å². The van der Waals surface area contributed by atoms with E-state index in [1.807, 2.05) is 49.4 Å². The van der Waals surface area contributed by atoms with E-state index in [2.05, 4.69) is 12.2 Å². The average molecular weight is 380 g/mol. The number of aliphatic carboxylic acids is 1. The number of furan rings is 1. The van der Waals surface area contributed by atoms with Gasteiger partial charge in [-0.2, -0.15) is 0 Å². The number of hydrogen-bond acceptors (Lipinski definition) is 4. The number of carbonyl (C=O) groups is 1. The summed E-state index contributed by atoms with van der Waals surface area (Å²) in [7, 11) is 1.66. The third kappa shape index (κ3) is 5.16. The number of aryl methyl sites for hydroxylation is 2. The van der Waals surface area contributed by atoms with E-state index >= 15 is 0 Å². The molecule has 146 valence electrons. The van der Waals surface area contributed by atoms with E-state index in [0.29, 0.717) is 18.8 Å². The summed E-state index contributed by atoms with van der Waals surface area (Å²) in [5.41, 5.74) is 3.28. The van der Waals surface area contributed by atoms with Gasteiger partial charge in [-0.05, 0) is 54.8 Å². The van der Waals surface area contributed by atoms with Gasteiger partial charge in [-0.3, -0.25) is 4.79 Å². The molecule has 28 heavy (non-hydrogen) atoms. The summed E-state index contributed by atoms with van der Waals surface area (Å²) in [6.07, 6.45) is 9.33. The highest BCUT2D eigenvalue weighted by Gasteiger charge is 2.10. The highest BCUT2D eigenvalue weighted by atomic mass is 16.5. The molecule has 0 saturated carbocycles. The van der Waals surface area contributed by atoms with E-state index < -0.39 is 5.97 Å². The number of hydrogen-bond donors (Lipinski definition) is 1. The maximum Gasteiger partial charge on any atom is 0.303 e. The maximum absolute atomic E-state index is 10.7. The molecule has 2 aromatic rings. The predicted molar refractivity (Wildman–Crippen MR) is 107 cm³/mol. The maximum atomic E-state index is 10.7. The Morgan fingerprint density at radius 1 is 1.21 bits per heavy atom. The predicted octanol–water partition coefficient (Wildman–Crippen LogP) is 5.06. The summed E-state index contributed by atoms with van der Waals surface area (Å²) in [5.74, 6) is 2.21. The lowest BCUT2D eigenvalue weighted by atomic mass is 10.0. The van der Waals surface area contributed by atoms with Crippen molar-refractivity contribution >= 4 is 11.5 Å². The SMILES string of the molecule is COc1ccc(C2=CC=C(OCc3cc(CCC(=O)O)oc3C)C=CC2)cc1. The van der Waals surface area contributed by atoms with Crippen LogP contribution in [0, 0.1) is 6.92 Å². The van der Waals surface area contributed by atoms with Gasteiger partial charge in [0.25, 0.3) is 0 Å². The van der Waals surface area contributed by atoms with Crippen molar-refractivity contribution in [2.24, 2.45) is 0 Å². The summed E-state index contributed by atoms with van der Waals surface area (Å²) in [5, 5.41) is 8.79. The van der Waals surface area contributed by atoms with Gasteiger partial charge >= 0.3 is 5.97 Å². The largest absolute Gasteiger partial charge is 0.497 e. The van der Waals surface area contributed by atoms with Crippen molar-refractivity contribution in [1.82, 2.24) is 0 Å². The van der Waals surface area contributed by atoms with Crippen molar-refractivity contribution in [3.8, 4) is 5.75 Å². The molecule has 1 aromatic carbocycles. The monoisotopic (exact) mass is 380 g/mol. The molecule has 0 saturated heterocycles. The van der Waals surface area contributed by atoms with Crippen molar-refractivity contribution in [3.05, 3.63) is 83.0 Å². The zero-order valence-corrected chi connectivity index (χ0v) is 16.1. The minimum Gasteiger partial charge on any atom is -0.497 e. The summed E-state index contributed by atoms with van der Waals surface area (Å²) in [6, 6.07) is 9.88. The van der Waals surface area contributed by atoms with E-state index in [9.17, 15) is 4.79 Å². The van der Waals surface area contributed by atoms with Crippen LogP contribution >= 0.6 is 0 Å². The molecule has 1 aliphatic rings. The van der Waals surface area contributed by atoms with Gasteiger partial charge in [-0.15, -0.1) is 0 Å². The normalized spacial score (nSPS) is 13.5. The number of methoxy groups -OCH3 is 1. The van der Waals surface area contributed by atoms with Crippen LogP contribution in [0.2, 0.25) is 0 Å². The van der Waals surface area contributed by atoms with Gasteiger partial charge in [0.05, 0.1) is 13.5 Å². The smallest absolute Gasteiger partial charge is 0.303 e. The number of benzene rings is 1. The third-order valence-corrected chi connectivity index (χ3v) is 4.58. The highest BCUT2D eigenvalue weighted by Crippen LogP contribution is 2.25. The zero-order chi connectivity index (χ0) is 19.9. The summed E-state index contributed by atoms with van der Waals surface area (Å²) in [6.45, 7) is 2.24. The van der Waals surface area contributed by atoms with Crippen LogP contribution in [0.4, 0.5) is 0 Å². The van der Waals surface area contributed by atoms with Crippen molar-refractivity contribution in [2.75, 3.05) is 7.11 Å². The standard InChI is InChI=1S/C23H24O5/c1-16-19(14-22(28-16)12-13-23(24)25)15-27-21-5-3-4-17(8-11-21)18-6-9-20(26-2)10-7-18/h3,5-11,14H,4,12-13,15H2,1-2H3,(H,24,25). The van der Waals surface area contributed by atoms with E-state index in [1.165, 1.54) is 5.57 Å². The quantitative estimate of drug-likeness (QED) is 0.693. The van der Waals surface area contributed by atoms with E-state index in [0.717, 1.165) is 34.8 Å². The molecule has 0 spiro atoms. The molecule has 5 heteroatoms. The molecule has 0 aliphatic heterocycles. The molecule has 1 aliphatic carbocycles. The van der Waals surface area contributed by atoms with Crippen molar-refractivity contribution in [3.63, 3.8) is 0 Å². The minimum absolute atomic E-state index is 0.0556. The molecule has 0 atom stereocenters. The molecule has 3 rings (SSSR count). The van der Waals surface area contributed by atoms with Crippen molar-refractivity contribution in [1.29, 1.82) is 0 Å². The topological polar surface area (TPSA) is 68.9 Å². The summed E-state index contributed by atoms with van der Waals surface area (Å²) < 4.78 is 16.8. The van der Waals surface area contributed by atoms with Gasteiger partial charge in [-0.25, -0.2) is 0 Å². The molecule has 0 bridgehead atoms. The molecule has 0 unspecified atom stereocenters. The summed E-state index contributed by atoms with van der Waals surface area (Å²) >= 11 is 0. The first-order valence-corrected chi connectivity index (χ1v) is 9.20. The number of rotatable bonds is 8. The number of allylic oxidation sites excluding steroid dienone is 5. The average Bonchev–Trinajstić information content (AvgIpc) is 2.89. The van der Waals surface area contributed by atoms with Crippen LogP contribution in [0.1, 0.15) is 35.5 Å². The lowest BCUT2D eigenvalue weighted by Gasteiger charge is -2.05. The molecular weight excluding hydrogens is 356 g/mol. The van der Waals surface area contributed by atoms with Crippen LogP contribution in [0.15, 0.2) is 64.8 Å². The van der Waals surface area contributed by atoms with Crippen LogP contribution in [0.5, 0.6) is 5.75 Å². The van der Waals surface area contributed by atoms with E-state index in [-0.39, 0.29) is 6.42 Å². The highest BCUT2D eigenvalue weighted by molar-refractivity contribution is 5.69. The Morgan fingerprint density at radius 3 is 2.71 bits per heavy atom. The molecule has 0 amide bonds. The fourth-order valence-corrected chi connectivity index (χ4v) is 2.97. The Morgan fingerprint density at radius 2 is 2.00 bits per heavy atom. The van der Waals surface area contributed by atoms with Gasteiger partial charge < -0.3 is 19.0 Å². The minimum atomic E-state index is -0.833. The van der Waals surface area contributed by atoms with Gasteiger partial charge in [0.2, 0.25) is 0 Å². The molecule has 0 radical (unpaired) electrons. The Hall–Kier alpha value is -3.21. The lowest BCUT2D eigenvalue weighted by molar-refractivity contribution is -0.137.